The molecule has 0 radical (unpaired) electrons. The van der Waals surface area contributed by atoms with Crippen LogP contribution in [0.3, 0.4) is 0 Å². The van der Waals surface area contributed by atoms with Crippen LogP contribution >= 0.6 is 0 Å². The molecule has 7 nitrogen and oxygen atoms in total. The smallest absolute Gasteiger partial charge is 0.223 e. The molecule has 0 bridgehead atoms. The zero-order chi connectivity index (χ0) is 19.6. The number of aryl methyl sites for hydroxylation is 1. The number of hydrogen-bond donors (Lipinski definition) is 2. The minimum Gasteiger partial charge on any atom is -0.342 e. The number of carbonyl (C=O) groups is 1. The van der Waals surface area contributed by atoms with Crippen molar-refractivity contribution < 1.29 is 4.79 Å². The van der Waals surface area contributed by atoms with E-state index in [1.807, 2.05) is 35.4 Å². The lowest BCUT2D eigenvalue weighted by Gasteiger charge is -2.29. The first-order chi connectivity index (χ1) is 14.3. The van der Waals surface area contributed by atoms with Crippen molar-refractivity contribution in [3.8, 4) is 0 Å². The lowest BCUT2D eigenvalue weighted by molar-refractivity contribution is -0.132. The van der Waals surface area contributed by atoms with E-state index in [9.17, 15) is 4.79 Å². The second kappa shape index (κ2) is 7.91. The Kier molecular flexibility index (Phi) is 4.97. The number of carbonyl (C=O) groups excluding carboxylic acids is 1. The number of hydrogen-bond acceptors (Lipinski definition) is 5. The minimum atomic E-state index is 0.164. The molecule has 2 aliphatic rings. The number of imidazole rings is 1. The van der Waals surface area contributed by atoms with Crippen LogP contribution in [-0.4, -0.2) is 50.4 Å². The Morgan fingerprint density at radius 2 is 2.17 bits per heavy atom. The molecule has 1 unspecified atom stereocenters. The SMILES string of the molecule is O=C(CCc1nc2ccccc2[nH]1)N1CCc2nc(C3CCCNC3)ncc2C1. The van der Waals surface area contributed by atoms with Gasteiger partial charge in [-0.2, -0.15) is 0 Å². The molecule has 4 heterocycles. The topological polar surface area (TPSA) is 86.8 Å². The van der Waals surface area contributed by atoms with E-state index in [2.05, 4.69) is 20.3 Å². The summed E-state index contributed by atoms with van der Waals surface area (Å²) in [6.45, 7) is 3.39. The molecule has 1 amide bonds. The normalized spacial score (nSPS) is 19.3. The van der Waals surface area contributed by atoms with Crippen LogP contribution in [0.4, 0.5) is 0 Å². The fourth-order valence-electron chi connectivity index (χ4n) is 4.32. The minimum absolute atomic E-state index is 0.164. The summed E-state index contributed by atoms with van der Waals surface area (Å²) in [5.41, 5.74) is 4.16. The number of fused-ring (bicyclic) bond motifs is 2. The zero-order valence-corrected chi connectivity index (χ0v) is 16.5. The zero-order valence-electron chi connectivity index (χ0n) is 16.5. The summed E-state index contributed by atoms with van der Waals surface area (Å²) in [7, 11) is 0. The van der Waals surface area contributed by atoms with Gasteiger partial charge in [0.15, 0.2) is 0 Å². The molecule has 0 spiro atoms. The summed E-state index contributed by atoms with van der Waals surface area (Å²) in [6, 6.07) is 7.95. The van der Waals surface area contributed by atoms with Crippen molar-refractivity contribution in [1.82, 2.24) is 30.2 Å². The van der Waals surface area contributed by atoms with Crippen LogP contribution in [0.1, 0.15) is 48.1 Å². The van der Waals surface area contributed by atoms with Crippen LogP contribution < -0.4 is 5.32 Å². The molecule has 0 saturated carbocycles. The van der Waals surface area contributed by atoms with Crippen LogP contribution in [0.15, 0.2) is 30.5 Å². The van der Waals surface area contributed by atoms with Gasteiger partial charge in [0, 0.05) is 56.6 Å². The Morgan fingerprint density at radius 3 is 3.03 bits per heavy atom. The first kappa shape index (κ1) is 18.2. The molecule has 7 heteroatoms. The van der Waals surface area contributed by atoms with Crippen LogP contribution in [0.5, 0.6) is 0 Å². The first-order valence-corrected chi connectivity index (χ1v) is 10.5. The third-order valence-corrected chi connectivity index (χ3v) is 5.98. The molecule has 2 aliphatic heterocycles. The molecule has 2 N–H and O–H groups in total. The van der Waals surface area contributed by atoms with Gasteiger partial charge in [-0.3, -0.25) is 4.79 Å². The molecular formula is C22H26N6O. The summed E-state index contributed by atoms with van der Waals surface area (Å²) in [4.78, 5) is 32.0. The second-order valence-electron chi connectivity index (χ2n) is 8.01. The highest BCUT2D eigenvalue weighted by atomic mass is 16.2. The van der Waals surface area contributed by atoms with Gasteiger partial charge in [-0.1, -0.05) is 12.1 Å². The van der Waals surface area contributed by atoms with E-state index in [-0.39, 0.29) is 5.91 Å². The van der Waals surface area contributed by atoms with Crippen molar-refractivity contribution in [2.75, 3.05) is 19.6 Å². The van der Waals surface area contributed by atoms with E-state index < -0.39 is 0 Å². The van der Waals surface area contributed by atoms with Crippen molar-refractivity contribution in [2.45, 2.75) is 44.6 Å². The highest BCUT2D eigenvalue weighted by molar-refractivity contribution is 5.77. The van der Waals surface area contributed by atoms with Gasteiger partial charge in [0.25, 0.3) is 0 Å². The van der Waals surface area contributed by atoms with Crippen LogP contribution in [0.25, 0.3) is 11.0 Å². The molecule has 1 atom stereocenters. The van der Waals surface area contributed by atoms with Crippen LogP contribution in [0.2, 0.25) is 0 Å². The molecule has 5 rings (SSSR count). The fourth-order valence-corrected chi connectivity index (χ4v) is 4.32. The number of amides is 1. The van der Waals surface area contributed by atoms with E-state index in [4.69, 9.17) is 4.98 Å². The van der Waals surface area contributed by atoms with Crippen molar-refractivity contribution >= 4 is 16.9 Å². The average Bonchev–Trinajstić information content (AvgIpc) is 3.20. The lowest BCUT2D eigenvalue weighted by Crippen LogP contribution is -2.37. The Labute approximate surface area is 170 Å². The van der Waals surface area contributed by atoms with E-state index in [0.29, 0.717) is 25.3 Å². The Morgan fingerprint density at radius 1 is 1.24 bits per heavy atom. The molecular weight excluding hydrogens is 364 g/mol. The van der Waals surface area contributed by atoms with Gasteiger partial charge in [0.05, 0.1) is 16.7 Å². The number of aromatic amines is 1. The van der Waals surface area contributed by atoms with E-state index in [1.54, 1.807) is 0 Å². The molecule has 0 aliphatic carbocycles. The van der Waals surface area contributed by atoms with Gasteiger partial charge in [-0.25, -0.2) is 15.0 Å². The number of para-hydroxylation sites is 2. The third kappa shape index (κ3) is 3.87. The molecule has 1 fully saturated rings. The quantitative estimate of drug-likeness (QED) is 0.714. The second-order valence-corrected chi connectivity index (χ2v) is 8.01. The first-order valence-electron chi connectivity index (χ1n) is 10.5. The van der Waals surface area contributed by atoms with Gasteiger partial charge in [0.2, 0.25) is 5.91 Å². The Hall–Kier alpha value is -2.80. The number of nitrogens with one attached hydrogen (secondary N) is 2. The monoisotopic (exact) mass is 390 g/mol. The molecule has 29 heavy (non-hydrogen) atoms. The average molecular weight is 390 g/mol. The van der Waals surface area contributed by atoms with Crippen LogP contribution in [-0.2, 0) is 24.2 Å². The van der Waals surface area contributed by atoms with E-state index in [1.165, 1.54) is 6.42 Å². The summed E-state index contributed by atoms with van der Waals surface area (Å²) in [6.07, 6.45) is 6.16. The number of aromatic nitrogens is 4. The molecule has 150 valence electrons. The lowest BCUT2D eigenvalue weighted by atomic mass is 9.98. The molecule has 1 saturated heterocycles. The highest BCUT2D eigenvalue weighted by Gasteiger charge is 2.24. The number of piperidine rings is 1. The number of benzene rings is 1. The summed E-state index contributed by atoms with van der Waals surface area (Å²) in [5, 5.41) is 3.43. The molecule has 2 aromatic heterocycles. The molecule has 3 aromatic rings. The van der Waals surface area contributed by atoms with Gasteiger partial charge in [0.1, 0.15) is 11.6 Å². The van der Waals surface area contributed by atoms with Crippen molar-refractivity contribution in [3.63, 3.8) is 0 Å². The van der Waals surface area contributed by atoms with Crippen molar-refractivity contribution in [2.24, 2.45) is 0 Å². The van der Waals surface area contributed by atoms with Gasteiger partial charge in [-0.15, -0.1) is 0 Å². The fraction of sp³-hybridized carbons (Fsp3) is 0.455. The predicted octanol–water partition coefficient (Wildman–Crippen LogP) is 2.34. The molecule has 1 aromatic carbocycles. The van der Waals surface area contributed by atoms with Gasteiger partial charge in [-0.05, 0) is 31.5 Å². The predicted molar refractivity (Wildman–Crippen MR) is 110 cm³/mol. The van der Waals surface area contributed by atoms with Gasteiger partial charge >= 0.3 is 0 Å². The maximum Gasteiger partial charge on any atom is 0.223 e. The van der Waals surface area contributed by atoms with Crippen LogP contribution in [0, 0.1) is 0 Å². The Balaban J connectivity index is 1.21. The van der Waals surface area contributed by atoms with Crippen molar-refractivity contribution in [3.05, 3.63) is 53.4 Å². The highest BCUT2D eigenvalue weighted by Crippen LogP contribution is 2.23. The number of nitrogens with zero attached hydrogens (tertiary/aromatic N) is 4. The van der Waals surface area contributed by atoms with Crippen molar-refractivity contribution in [1.29, 1.82) is 0 Å². The summed E-state index contributed by atoms with van der Waals surface area (Å²) >= 11 is 0. The number of rotatable bonds is 4. The maximum atomic E-state index is 12.7. The summed E-state index contributed by atoms with van der Waals surface area (Å²) in [5.74, 6) is 2.40. The Bertz CT molecular complexity index is 990. The van der Waals surface area contributed by atoms with E-state index in [0.717, 1.165) is 66.4 Å². The number of H-pyrrole nitrogens is 1. The maximum absolute atomic E-state index is 12.7. The van der Waals surface area contributed by atoms with E-state index >= 15 is 0 Å². The third-order valence-electron chi connectivity index (χ3n) is 5.98. The van der Waals surface area contributed by atoms with Gasteiger partial charge < -0.3 is 15.2 Å². The summed E-state index contributed by atoms with van der Waals surface area (Å²) < 4.78 is 0. The largest absolute Gasteiger partial charge is 0.342 e. The standard InChI is InChI=1S/C22H26N6O/c29-21(8-7-20-25-18-5-1-2-6-19(18)26-20)28-11-9-17-16(14-28)13-24-22(27-17)15-4-3-10-23-12-15/h1-2,5-6,13,15,23H,3-4,7-12,14H2,(H,25,26).